The molecule has 2 aliphatic heterocycles. The molecular formula is C21H18ClF3N8OS. The van der Waals surface area contributed by atoms with Crippen molar-refractivity contribution in [3.05, 3.63) is 84.7 Å². The lowest BCUT2D eigenvalue weighted by atomic mass is 9.88. The number of azide groups is 1. The van der Waals surface area contributed by atoms with Gasteiger partial charge in [0.1, 0.15) is 11.9 Å². The van der Waals surface area contributed by atoms with Crippen LogP contribution < -0.4 is 5.73 Å². The zero-order valence-electron chi connectivity index (χ0n) is 17.9. The summed E-state index contributed by atoms with van der Waals surface area (Å²) in [6, 6.07) is 2.87. The van der Waals surface area contributed by atoms with E-state index in [4.69, 9.17) is 27.9 Å². The third-order valence-corrected chi connectivity index (χ3v) is 6.71. The molecule has 182 valence electrons. The van der Waals surface area contributed by atoms with E-state index in [0.717, 1.165) is 18.5 Å². The summed E-state index contributed by atoms with van der Waals surface area (Å²) in [5.41, 5.74) is 15.1. The maximum atomic E-state index is 13.8. The number of aromatic nitrogens is 1. The topological polar surface area (TPSA) is 136 Å². The van der Waals surface area contributed by atoms with E-state index in [0.29, 0.717) is 27.7 Å². The number of halogens is 4. The van der Waals surface area contributed by atoms with Crippen molar-refractivity contribution in [2.45, 2.75) is 24.6 Å². The molecule has 1 saturated heterocycles. The van der Waals surface area contributed by atoms with Crippen LogP contribution in [0.1, 0.15) is 23.0 Å². The first-order chi connectivity index (χ1) is 16.8. The molecule has 1 aromatic carbocycles. The molecule has 3 heterocycles. The number of aliphatic hydroxyl groups excluding tert-OH is 1. The molecule has 0 unspecified atom stereocenters. The van der Waals surface area contributed by atoms with Crippen molar-refractivity contribution in [3.8, 4) is 0 Å². The van der Waals surface area contributed by atoms with Crippen LogP contribution >= 0.6 is 22.9 Å². The lowest BCUT2D eigenvalue weighted by molar-refractivity contribution is 0.160. The van der Waals surface area contributed by atoms with E-state index < -0.39 is 30.6 Å². The number of fused-ring (bicyclic) bond motifs is 1. The smallest absolute Gasteiger partial charge is 0.331 e. The minimum atomic E-state index is -2.99. The Labute approximate surface area is 206 Å². The van der Waals surface area contributed by atoms with Gasteiger partial charge in [0.2, 0.25) is 0 Å². The Morgan fingerprint density at radius 2 is 2.29 bits per heavy atom. The number of benzene rings is 1. The van der Waals surface area contributed by atoms with Gasteiger partial charge in [-0.2, -0.15) is 8.78 Å². The fourth-order valence-corrected chi connectivity index (χ4v) is 5.04. The van der Waals surface area contributed by atoms with Crippen molar-refractivity contribution < 1.29 is 18.3 Å². The van der Waals surface area contributed by atoms with Gasteiger partial charge in [-0.25, -0.2) is 14.4 Å². The van der Waals surface area contributed by atoms with Crippen LogP contribution in [-0.4, -0.2) is 52.3 Å². The molecule has 0 aliphatic carbocycles. The third-order valence-electron chi connectivity index (χ3n) is 5.61. The second-order valence-corrected chi connectivity index (χ2v) is 9.03. The zero-order valence-corrected chi connectivity index (χ0v) is 19.5. The Morgan fingerprint density at radius 1 is 1.49 bits per heavy atom. The number of nitrogens with two attached hydrogens (primary N) is 1. The number of hydrogen-bond acceptors (Lipinski definition) is 8. The molecule has 9 nitrogen and oxygen atoms in total. The molecule has 1 aromatic heterocycles. The Morgan fingerprint density at radius 3 is 2.89 bits per heavy atom. The summed E-state index contributed by atoms with van der Waals surface area (Å²) in [5, 5.41) is 16.3. The standard InChI is InChI=1S/C21H18ClF3N8OS/c22-14-5-12(23)1-2-13(14)17-16(11(7-26)8-29-20(24)25)15-6-21(10-34,31-32-27)9-33(15)18(30-17)19-28-3-4-35-19/h1-5,7-8,17,20,34H,6,9-10,26H2/t17-,21+/m0/s1. The van der Waals surface area contributed by atoms with Gasteiger partial charge < -0.3 is 15.7 Å². The van der Waals surface area contributed by atoms with Crippen LogP contribution in [0, 0.1) is 5.82 Å². The van der Waals surface area contributed by atoms with Crippen LogP contribution in [0.5, 0.6) is 0 Å². The van der Waals surface area contributed by atoms with E-state index in [9.17, 15) is 18.3 Å². The first-order valence-electron chi connectivity index (χ1n) is 10.2. The summed E-state index contributed by atoms with van der Waals surface area (Å²) >= 11 is 7.69. The highest BCUT2D eigenvalue weighted by Crippen LogP contribution is 2.47. The first kappa shape index (κ1) is 24.7. The Bertz CT molecular complexity index is 1290. The van der Waals surface area contributed by atoms with Crippen molar-refractivity contribution in [3.63, 3.8) is 0 Å². The summed E-state index contributed by atoms with van der Waals surface area (Å²) in [6.07, 6.45) is 3.66. The number of thiazole rings is 1. The predicted octanol–water partition coefficient (Wildman–Crippen LogP) is 4.57. The summed E-state index contributed by atoms with van der Waals surface area (Å²) in [7, 11) is 0. The highest BCUT2D eigenvalue weighted by Gasteiger charge is 2.47. The Balaban J connectivity index is 2.01. The second kappa shape index (κ2) is 10.1. The number of amidine groups is 1. The summed E-state index contributed by atoms with van der Waals surface area (Å²) in [6.45, 7) is -3.41. The van der Waals surface area contributed by atoms with E-state index in [1.807, 2.05) is 0 Å². The molecular weight excluding hydrogens is 505 g/mol. The average molecular weight is 523 g/mol. The van der Waals surface area contributed by atoms with Crippen LogP contribution in [0.15, 0.2) is 67.9 Å². The Kier molecular flexibility index (Phi) is 7.13. The molecule has 14 heteroatoms. The number of hydrogen-bond donors (Lipinski definition) is 2. The van der Waals surface area contributed by atoms with Crippen molar-refractivity contribution in [2.24, 2.45) is 20.8 Å². The predicted molar refractivity (Wildman–Crippen MR) is 127 cm³/mol. The molecule has 0 bridgehead atoms. The SMILES string of the molecule is [N-]=[N+]=N[C@]1(CO)CC2=C(C(C=NC(F)F)=CN)[C@H](c3ccc(F)cc3Cl)N=C(c3nccs3)N2C1. The van der Waals surface area contributed by atoms with Gasteiger partial charge in [-0.1, -0.05) is 22.8 Å². The number of aliphatic imine (C=N–C) groups is 2. The van der Waals surface area contributed by atoms with E-state index in [1.54, 1.807) is 16.5 Å². The molecule has 35 heavy (non-hydrogen) atoms. The molecule has 0 radical (unpaired) electrons. The molecule has 4 rings (SSSR count). The monoisotopic (exact) mass is 522 g/mol. The van der Waals surface area contributed by atoms with Crippen LogP contribution in [-0.2, 0) is 0 Å². The third kappa shape index (κ3) is 4.76. The number of aliphatic hydroxyl groups is 1. The largest absolute Gasteiger partial charge is 0.404 e. The fraction of sp³-hybridized carbons (Fsp3) is 0.286. The molecule has 2 aromatic rings. The molecule has 0 spiro atoms. The van der Waals surface area contributed by atoms with Crippen molar-refractivity contribution in [2.75, 3.05) is 13.2 Å². The second-order valence-electron chi connectivity index (χ2n) is 7.73. The van der Waals surface area contributed by atoms with Crippen LogP contribution in [0.3, 0.4) is 0 Å². The van der Waals surface area contributed by atoms with Gasteiger partial charge in [-0.3, -0.25) is 4.99 Å². The highest BCUT2D eigenvalue weighted by molar-refractivity contribution is 7.11. The zero-order chi connectivity index (χ0) is 25.2. The quantitative estimate of drug-likeness (QED) is 0.181. The van der Waals surface area contributed by atoms with Crippen LogP contribution in [0.2, 0.25) is 5.02 Å². The summed E-state index contributed by atoms with van der Waals surface area (Å²) in [4.78, 5) is 16.9. The molecule has 3 N–H and O–H groups in total. The maximum absolute atomic E-state index is 13.8. The maximum Gasteiger partial charge on any atom is 0.331 e. The van der Waals surface area contributed by atoms with Gasteiger partial charge >= 0.3 is 6.55 Å². The molecule has 1 fully saturated rings. The van der Waals surface area contributed by atoms with E-state index in [1.165, 1.54) is 23.5 Å². The average Bonchev–Trinajstić information content (AvgIpc) is 3.48. The molecule has 0 saturated carbocycles. The highest BCUT2D eigenvalue weighted by atomic mass is 35.5. The van der Waals surface area contributed by atoms with Gasteiger partial charge in [0.05, 0.1) is 12.1 Å². The van der Waals surface area contributed by atoms with E-state index >= 15 is 0 Å². The number of alkyl halides is 2. The van der Waals surface area contributed by atoms with Crippen LogP contribution in [0.4, 0.5) is 13.2 Å². The lowest BCUT2D eigenvalue weighted by Crippen LogP contribution is -2.39. The molecule has 2 aliphatic rings. The van der Waals surface area contributed by atoms with Gasteiger partial charge in [0, 0.05) is 63.7 Å². The van der Waals surface area contributed by atoms with Gasteiger partial charge in [-0.15, -0.1) is 11.3 Å². The summed E-state index contributed by atoms with van der Waals surface area (Å²) in [5.74, 6) is -0.165. The van der Waals surface area contributed by atoms with E-state index in [2.05, 4.69) is 20.0 Å². The van der Waals surface area contributed by atoms with Crippen molar-refractivity contribution in [1.82, 2.24) is 9.88 Å². The Hall–Kier alpha value is -3.38. The normalized spacial score (nSPS) is 22.6. The fourth-order valence-electron chi connectivity index (χ4n) is 4.13. The minimum absolute atomic E-state index is 0.0441. The first-order valence-corrected chi connectivity index (χ1v) is 11.4. The van der Waals surface area contributed by atoms with Gasteiger partial charge in [0.25, 0.3) is 0 Å². The molecule has 0 amide bonds. The van der Waals surface area contributed by atoms with Crippen LogP contribution in [0.25, 0.3) is 10.4 Å². The minimum Gasteiger partial charge on any atom is -0.404 e. The molecule has 2 atom stereocenters. The van der Waals surface area contributed by atoms with E-state index in [-0.39, 0.29) is 23.6 Å². The van der Waals surface area contributed by atoms with Gasteiger partial charge in [-0.05, 0) is 23.2 Å². The summed E-state index contributed by atoms with van der Waals surface area (Å²) < 4.78 is 39.7. The number of nitrogens with zero attached hydrogens (tertiary/aromatic N) is 7. The van der Waals surface area contributed by atoms with Crippen molar-refractivity contribution in [1.29, 1.82) is 0 Å². The number of rotatable bonds is 7. The lowest BCUT2D eigenvalue weighted by Gasteiger charge is -2.33. The van der Waals surface area contributed by atoms with Crippen molar-refractivity contribution >= 4 is 35.0 Å². The van der Waals surface area contributed by atoms with Gasteiger partial charge in [0.15, 0.2) is 10.8 Å².